The van der Waals surface area contributed by atoms with Gasteiger partial charge >= 0.3 is 0 Å². The normalized spacial score (nSPS) is 40.1. The molecular weight excluding hydrogens is 831 g/mol. The fraction of sp³-hybridized carbons (Fsp3) is 1.00. The predicted molar refractivity (Wildman–Crippen MR) is 248 cm³/mol. The summed E-state index contributed by atoms with van der Waals surface area (Å²) in [5.74, 6) is 13.4. The molecule has 15 atom stereocenters. The largest absolute Gasteiger partial charge is 0.396 e. The van der Waals surface area contributed by atoms with E-state index in [-0.39, 0.29) is 29.7 Å². The second-order valence-corrected chi connectivity index (χ2v) is 26.2. The molecule has 59 heavy (non-hydrogen) atoms. The van der Waals surface area contributed by atoms with Gasteiger partial charge in [-0.25, -0.2) is 16.8 Å². The Morgan fingerprint density at radius 1 is 0.525 bits per heavy atom. The van der Waals surface area contributed by atoms with E-state index in [0.29, 0.717) is 83.9 Å². The standard InChI is InChI=1S/C8H15NO3S.C8H15NO2S.C8H15NS.C7H13NO2S.C7H13NO.4CH4/c1-9-3-6-7(4-9)8(6)5-12-13(2,10)11;1-9-3-6-7(4-9)8(6)5-12(2,10)11;1-9-3-6-7(4-9)8(6)5-10-2;1-11(9,10)4-7-5-2-8-3-6(5)7;1-8-2-5-6(3-8)7(5)4-9;;;;/h6-8H,3-5H2,1-2H3;6-8H,3-5H2,1-2H3;6-8H,3-5H2,1-2H3;5-8H,2-4H2,1H3;5-7,9H,2-4H2,1H3;4*1H4/t3*6-,7+,8?;2*5-,6+,7?;;;;. The van der Waals surface area contributed by atoms with Crippen LogP contribution in [0.2, 0.25) is 0 Å². The third kappa shape index (κ3) is 15.3. The van der Waals surface area contributed by atoms with Crippen molar-refractivity contribution in [1.82, 2.24) is 24.9 Å². The summed E-state index contributed by atoms with van der Waals surface area (Å²) in [7, 11) is -0.116. The van der Waals surface area contributed by atoms with Gasteiger partial charge in [-0.1, -0.05) is 29.7 Å². The van der Waals surface area contributed by atoms with Crippen LogP contribution < -0.4 is 5.32 Å². The van der Waals surface area contributed by atoms with Crippen molar-refractivity contribution in [2.24, 2.45) is 88.8 Å². The van der Waals surface area contributed by atoms with E-state index in [0.717, 1.165) is 75.1 Å². The minimum Gasteiger partial charge on any atom is -0.396 e. The summed E-state index contributed by atoms with van der Waals surface area (Å²) in [6.07, 6.45) is 5.99. The zero-order chi connectivity index (χ0) is 40.2. The zero-order valence-electron chi connectivity index (χ0n) is 34.5. The van der Waals surface area contributed by atoms with Crippen LogP contribution >= 0.6 is 11.8 Å². The SMILES string of the molecule is C.C.C.C.CN1C[C@@H]2C(CO)[C@@H]2C1.CN1C[C@@H]2C(COS(C)(=O)=O)[C@@H]2C1.CN1C[C@@H]2C(CS(C)(=O)=O)[C@@H]2C1.CS(=O)(=O)CC1[C@H]2CNC[C@@H]12.CSCC1[C@H]2CN(C)C[C@@H]12. The fourth-order valence-corrected chi connectivity index (χ4v) is 15.0. The lowest BCUT2D eigenvalue weighted by molar-refractivity contribution is 0.235. The molecule has 0 aromatic rings. The van der Waals surface area contributed by atoms with Crippen molar-refractivity contribution in [2.45, 2.75) is 29.7 Å². The smallest absolute Gasteiger partial charge is 0.264 e. The molecule has 5 saturated heterocycles. The molecule has 0 aromatic heterocycles. The van der Waals surface area contributed by atoms with E-state index in [9.17, 15) is 25.3 Å². The Morgan fingerprint density at radius 2 is 0.831 bits per heavy atom. The van der Waals surface area contributed by atoms with Gasteiger partial charge in [0.2, 0.25) is 0 Å². The van der Waals surface area contributed by atoms with Crippen LogP contribution in [0, 0.1) is 88.8 Å². The highest BCUT2D eigenvalue weighted by Crippen LogP contribution is 2.54. The molecule has 0 radical (unpaired) electrons. The molecule has 5 aliphatic heterocycles. The predicted octanol–water partition coefficient (Wildman–Crippen LogP) is 2.59. The van der Waals surface area contributed by atoms with Crippen molar-refractivity contribution in [3.63, 3.8) is 0 Å². The molecule has 2 N–H and O–H groups in total. The Kier molecular flexibility index (Phi) is 20.3. The van der Waals surface area contributed by atoms with Gasteiger partial charge in [-0.2, -0.15) is 20.2 Å². The van der Waals surface area contributed by atoms with E-state index in [1.807, 2.05) is 11.8 Å². The summed E-state index contributed by atoms with van der Waals surface area (Å²) >= 11 is 2.01. The first kappa shape index (κ1) is 55.1. The second kappa shape index (κ2) is 21.7. The van der Waals surface area contributed by atoms with Crippen LogP contribution in [0.1, 0.15) is 29.7 Å². The van der Waals surface area contributed by atoms with Crippen LogP contribution in [0.5, 0.6) is 0 Å². The number of aliphatic hydroxyl groups excluding tert-OH is 1. The first-order valence-corrected chi connectivity index (χ1v) is 27.8. The van der Waals surface area contributed by atoms with Crippen LogP contribution in [0.15, 0.2) is 0 Å². The number of fused-ring (bicyclic) bond motifs is 5. The summed E-state index contributed by atoms with van der Waals surface area (Å²) in [5, 5.41) is 12.0. The lowest BCUT2D eigenvalue weighted by Gasteiger charge is -2.12. The molecule has 0 aromatic carbocycles. The molecule has 0 amide bonds. The lowest BCUT2D eigenvalue weighted by atomic mass is 10.3. The van der Waals surface area contributed by atoms with Crippen LogP contribution in [-0.2, 0) is 34.0 Å². The van der Waals surface area contributed by atoms with E-state index in [1.165, 1.54) is 44.4 Å². The first-order chi connectivity index (χ1) is 25.7. The molecule has 10 aliphatic rings. The second-order valence-electron chi connectivity index (χ2n) is 19.3. The zero-order valence-corrected chi connectivity index (χ0v) is 37.8. The molecule has 10 fully saturated rings. The number of hydrogen-bond acceptors (Lipinski definition) is 14. The Balaban J connectivity index is 0.000000251. The Labute approximate surface area is 366 Å². The van der Waals surface area contributed by atoms with Gasteiger partial charge in [-0.15, -0.1) is 0 Å². The number of likely N-dealkylation sites (tertiary alicyclic amines) is 4. The van der Waals surface area contributed by atoms with Gasteiger partial charge in [-0.05, 0) is 142 Å². The van der Waals surface area contributed by atoms with Crippen molar-refractivity contribution >= 4 is 41.6 Å². The monoisotopic (exact) mass is 918 g/mol. The van der Waals surface area contributed by atoms with Gasteiger partial charge in [0.05, 0.1) is 24.4 Å². The highest BCUT2D eigenvalue weighted by atomic mass is 32.2. The molecule has 5 heterocycles. The van der Waals surface area contributed by atoms with E-state index in [2.05, 4.69) is 59.4 Å². The number of thioether (sulfide) groups is 1. The van der Waals surface area contributed by atoms with Gasteiger partial charge in [0.25, 0.3) is 10.1 Å². The topological polar surface area (TPSA) is 157 Å². The molecule has 5 unspecified atom stereocenters. The average molecular weight is 918 g/mol. The van der Waals surface area contributed by atoms with Crippen molar-refractivity contribution in [3.8, 4) is 0 Å². The number of rotatable bonds is 10. The van der Waals surface area contributed by atoms with E-state index in [4.69, 9.17) is 9.29 Å². The summed E-state index contributed by atoms with van der Waals surface area (Å²) < 4.78 is 70.0. The van der Waals surface area contributed by atoms with Gasteiger partial charge in [0.15, 0.2) is 0 Å². The molecule has 10 rings (SSSR count). The third-order valence-electron chi connectivity index (χ3n) is 14.5. The maximum Gasteiger partial charge on any atom is 0.264 e. The van der Waals surface area contributed by atoms with Gasteiger partial charge < -0.3 is 30.0 Å². The molecule has 5 saturated carbocycles. The fourth-order valence-electron chi connectivity index (χ4n) is 11.3. The van der Waals surface area contributed by atoms with Crippen molar-refractivity contribution < 1.29 is 34.5 Å². The number of aliphatic hydroxyl groups is 1. The molecular formula is C42H87N5O8S4. The van der Waals surface area contributed by atoms with E-state index < -0.39 is 29.8 Å². The van der Waals surface area contributed by atoms with Gasteiger partial charge in [0, 0.05) is 71.5 Å². The first-order valence-electron chi connectivity index (χ1n) is 20.4. The number of nitrogens with zero attached hydrogens (tertiary/aromatic N) is 4. The van der Waals surface area contributed by atoms with Crippen LogP contribution in [-0.4, -0.2) is 199 Å². The minimum absolute atomic E-state index is 0. The quantitative estimate of drug-likeness (QED) is 0.309. The van der Waals surface area contributed by atoms with Crippen molar-refractivity contribution in [3.05, 3.63) is 0 Å². The number of piperidine rings is 5. The van der Waals surface area contributed by atoms with E-state index in [1.54, 1.807) is 0 Å². The lowest BCUT2D eigenvalue weighted by Crippen LogP contribution is -2.21. The summed E-state index contributed by atoms with van der Waals surface area (Å²) in [6, 6.07) is 0. The Hall–Kier alpha value is -0.0800. The third-order valence-corrected chi connectivity index (χ3v) is 17.8. The summed E-state index contributed by atoms with van der Waals surface area (Å²) in [4.78, 5) is 9.38. The average Bonchev–Trinajstić information content (AvgIpc) is 3.98. The minimum atomic E-state index is -3.24. The Morgan fingerprint density at radius 3 is 1.14 bits per heavy atom. The number of hydrogen-bond donors (Lipinski definition) is 2. The molecule has 13 nitrogen and oxygen atoms in total. The molecule has 17 heteroatoms. The van der Waals surface area contributed by atoms with Gasteiger partial charge in [0.1, 0.15) is 19.7 Å². The van der Waals surface area contributed by atoms with Crippen LogP contribution in [0.25, 0.3) is 0 Å². The maximum atomic E-state index is 11.0. The van der Waals surface area contributed by atoms with Gasteiger partial charge in [-0.3, -0.25) is 4.18 Å². The molecule has 352 valence electrons. The summed E-state index contributed by atoms with van der Waals surface area (Å²) in [6.45, 7) is 12.5. The maximum absolute atomic E-state index is 11.0. The summed E-state index contributed by atoms with van der Waals surface area (Å²) in [5.41, 5.74) is 0. The molecule has 0 spiro atoms. The highest BCUT2D eigenvalue weighted by Gasteiger charge is 2.57. The Bertz CT molecular complexity index is 1590. The van der Waals surface area contributed by atoms with Crippen molar-refractivity contribution in [1.29, 1.82) is 0 Å². The number of sulfone groups is 2. The van der Waals surface area contributed by atoms with Crippen LogP contribution in [0.4, 0.5) is 0 Å². The molecule has 5 aliphatic carbocycles. The van der Waals surface area contributed by atoms with Crippen molar-refractivity contribution in [2.75, 3.05) is 149 Å². The van der Waals surface area contributed by atoms with Crippen LogP contribution in [0.3, 0.4) is 0 Å². The number of nitrogens with one attached hydrogen (secondary N) is 1. The molecule has 0 bridgehead atoms. The van der Waals surface area contributed by atoms with E-state index >= 15 is 0 Å². The highest BCUT2D eigenvalue weighted by molar-refractivity contribution is 7.98.